The van der Waals surface area contributed by atoms with Crippen molar-refractivity contribution in [2.24, 2.45) is 0 Å². The van der Waals surface area contributed by atoms with E-state index in [2.05, 4.69) is 44.5 Å². The minimum absolute atomic E-state index is 0.0644. The molecule has 2 heterocycles. The maximum Gasteiger partial charge on any atom is 0.230 e. The van der Waals surface area contributed by atoms with Crippen LogP contribution in [0.15, 0.2) is 22.7 Å². The first-order valence-corrected chi connectivity index (χ1v) is 9.92. The van der Waals surface area contributed by atoms with Crippen LogP contribution in [-0.4, -0.2) is 32.5 Å². The minimum Gasteiger partial charge on any atom is -0.353 e. The van der Waals surface area contributed by atoms with Gasteiger partial charge in [-0.3, -0.25) is 4.79 Å². The summed E-state index contributed by atoms with van der Waals surface area (Å²) in [6.07, 6.45) is 4.13. The van der Waals surface area contributed by atoms with Gasteiger partial charge in [0.15, 0.2) is 5.16 Å². The number of hydrogen-bond acceptors (Lipinski definition) is 5. The van der Waals surface area contributed by atoms with Crippen molar-refractivity contribution >= 4 is 29.0 Å². The van der Waals surface area contributed by atoms with Gasteiger partial charge in [-0.25, -0.2) is 0 Å². The number of nitrogens with one attached hydrogen (secondary N) is 1. The summed E-state index contributed by atoms with van der Waals surface area (Å²) >= 11 is 3.23. The summed E-state index contributed by atoms with van der Waals surface area (Å²) in [6.45, 7) is 4.09. The maximum atomic E-state index is 12.0. The van der Waals surface area contributed by atoms with Crippen molar-refractivity contribution in [2.75, 3.05) is 5.75 Å². The second-order valence-corrected chi connectivity index (χ2v) is 7.90. The predicted octanol–water partition coefficient (Wildman–Crippen LogP) is 3.27. The third-order valence-electron chi connectivity index (χ3n) is 3.91. The van der Waals surface area contributed by atoms with Gasteiger partial charge >= 0.3 is 0 Å². The standard InChI is InChI=1S/C16H22N4OS2/c1-3-11(2)17-15(21)10-23-16-19-18-14(20(16)12-6-7-12)9-13-5-4-8-22-13/h4-5,8,11-12H,3,6-7,9-10H2,1-2H3,(H,17,21)/t11-/m0/s1. The first-order valence-electron chi connectivity index (χ1n) is 8.05. The Kier molecular flexibility index (Phi) is 5.38. The summed E-state index contributed by atoms with van der Waals surface area (Å²) < 4.78 is 2.24. The Hall–Kier alpha value is -1.34. The average Bonchev–Trinajstić information content (AvgIpc) is 3.09. The maximum absolute atomic E-state index is 12.0. The lowest BCUT2D eigenvalue weighted by atomic mass is 10.3. The summed E-state index contributed by atoms with van der Waals surface area (Å²) in [4.78, 5) is 13.3. The number of thioether (sulfide) groups is 1. The van der Waals surface area contributed by atoms with Gasteiger partial charge < -0.3 is 9.88 Å². The molecule has 0 radical (unpaired) electrons. The SMILES string of the molecule is CC[C@H](C)NC(=O)CSc1nnc(Cc2cccs2)n1C1CC1. The first kappa shape index (κ1) is 16.5. The first-order chi connectivity index (χ1) is 11.2. The molecule has 1 aliphatic carbocycles. The topological polar surface area (TPSA) is 59.8 Å². The molecule has 124 valence electrons. The third-order valence-corrected chi connectivity index (χ3v) is 5.73. The van der Waals surface area contributed by atoms with Crippen LogP contribution in [0.4, 0.5) is 0 Å². The average molecular weight is 351 g/mol. The number of rotatable bonds is 8. The normalized spacial score (nSPS) is 15.6. The molecule has 23 heavy (non-hydrogen) atoms. The Bertz CT molecular complexity index is 649. The summed E-state index contributed by atoms with van der Waals surface area (Å²) in [5.41, 5.74) is 0. The zero-order valence-electron chi connectivity index (χ0n) is 13.5. The fraction of sp³-hybridized carbons (Fsp3) is 0.562. The largest absolute Gasteiger partial charge is 0.353 e. The highest BCUT2D eigenvalue weighted by Crippen LogP contribution is 2.39. The summed E-state index contributed by atoms with van der Waals surface area (Å²) in [5.74, 6) is 1.48. The Morgan fingerprint density at radius 2 is 2.35 bits per heavy atom. The lowest BCUT2D eigenvalue weighted by Crippen LogP contribution is -2.33. The van der Waals surface area contributed by atoms with Crippen molar-refractivity contribution in [2.45, 2.75) is 56.8 Å². The molecule has 0 spiro atoms. The number of hydrogen-bond donors (Lipinski definition) is 1. The molecule has 7 heteroatoms. The highest BCUT2D eigenvalue weighted by molar-refractivity contribution is 7.99. The van der Waals surface area contributed by atoms with Gasteiger partial charge in [0.05, 0.1) is 5.75 Å². The van der Waals surface area contributed by atoms with E-state index >= 15 is 0 Å². The van der Waals surface area contributed by atoms with Crippen LogP contribution in [-0.2, 0) is 11.2 Å². The zero-order chi connectivity index (χ0) is 16.2. The summed E-state index contributed by atoms with van der Waals surface area (Å²) in [7, 11) is 0. The van der Waals surface area contributed by atoms with E-state index in [1.807, 2.05) is 6.92 Å². The van der Waals surface area contributed by atoms with E-state index in [4.69, 9.17) is 0 Å². The van der Waals surface area contributed by atoms with Crippen molar-refractivity contribution in [3.8, 4) is 0 Å². The molecule has 0 aliphatic heterocycles. The van der Waals surface area contributed by atoms with Gasteiger partial charge in [-0.15, -0.1) is 21.5 Å². The lowest BCUT2D eigenvalue weighted by molar-refractivity contribution is -0.119. The van der Waals surface area contributed by atoms with E-state index in [0.717, 1.165) is 23.8 Å². The lowest BCUT2D eigenvalue weighted by Gasteiger charge is -2.11. The number of thiophene rings is 1. The van der Waals surface area contributed by atoms with E-state index in [1.54, 1.807) is 11.3 Å². The molecular weight excluding hydrogens is 328 g/mol. The molecule has 1 N–H and O–H groups in total. The Morgan fingerprint density at radius 1 is 1.52 bits per heavy atom. The fourth-order valence-electron chi connectivity index (χ4n) is 2.34. The van der Waals surface area contributed by atoms with Gasteiger partial charge in [0, 0.05) is 23.4 Å². The van der Waals surface area contributed by atoms with Crippen LogP contribution in [0.25, 0.3) is 0 Å². The van der Waals surface area contributed by atoms with Crippen LogP contribution in [0.1, 0.15) is 49.9 Å². The van der Waals surface area contributed by atoms with Crippen LogP contribution in [0.5, 0.6) is 0 Å². The minimum atomic E-state index is 0.0644. The molecule has 0 aromatic carbocycles. The van der Waals surface area contributed by atoms with Crippen LogP contribution < -0.4 is 5.32 Å². The van der Waals surface area contributed by atoms with Gasteiger partial charge in [0.1, 0.15) is 5.82 Å². The predicted molar refractivity (Wildman–Crippen MR) is 94.0 cm³/mol. The molecule has 0 bridgehead atoms. The number of aromatic nitrogens is 3. The van der Waals surface area contributed by atoms with E-state index in [-0.39, 0.29) is 11.9 Å². The number of carbonyl (C=O) groups is 1. The summed E-state index contributed by atoms with van der Waals surface area (Å²) in [6, 6.07) is 4.93. The molecule has 2 aromatic heterocycles. The Balaban J connectivity index is 1.65. The smallest absolute Gasteiger partial charge is 0.230 e. The Morgan fingerprint density at radius 3 is 3.00 bits per heavy atom. The second-order valence-electron chi connectivity index (χ2n) is 5.92. The van der Waals surface area contributed by atoms with Gasteiger partial charge in [-0.2, -0.15) is 0 Å². The van der Waals surface area contributed by atoms with Crippen LogP contribution in [0.3, 0.4) is 0 Å². The van der Waals surface area contributed by atoms with Crippen LogP contribution in [0.2, 0.25) is 0 Å². The molecule has 0 saturated heterocycles. The second kappa shape index (κ2) is 7.49. The molecule has 2 aromatic rings. The molecule has 1 atom stereocenters. The molecule has 0 unspecified atom stereocenters. The number of carbonyl (C=O) groups excluding carboxylic acids is 1. The van der Waals surface area contributed by atoms with Crippen molar-refractivity contribution in [1.82, 2.24) is 20.1 Å². The highest BCUT2D eigenvalue weighted by Gasteiger charge is 2.29. The van der Waals surface area contributed by atoms with E-state index in [9.17, 15) is 4.79 Å². The molecule has 3 rings (SSSR count). The quantitative estimate of drug-likeness (QED) is 0.742. The third kappa shape index (κ3) is 4.35. The monoisotopic (exact) mass is 350 g/mol. The highest BCUT2D eigenvalue weighted by atomic mass is 32.2. The van der Waals surface area contributed by atoms with Gasteiger partial charge in [0.2, 0.25) is 5.91 Å². The van der Waals surface area contributed by atoms with Gasteiger partial charge in [0.25, 0.3) is 0 Å². The molecule has 5 nitrogen and oxygen atoms in total. The molecule has 1 fully saturated rings. The summed E-state index contributed by atoms with van der Waals surface area (Å²) in [5, 5.41) is 14.7. The van der Waals surface area contributed by atoms with E-state index < -0.39 is 0 Å². The number of amides is 1. The van der Waals surface area contributed by atoms with Crippen LogP contribution >= 0.6 is 23.1 Å². The van der Waals surface area contributed by atoms with Crippen LogP contribution in [0, 0.1) is 0 Å². The molecular formula is C16H22N4OS2. The molecule has 1 aliphatic rings. The van der Waals surface area contributed by atoms with Gasteiger partial charge in [-0.1, -0.05) is 24.8 Å². The van der Waals surface area contributed by atoms with Crippen molar-refractivity contribution < 1.29 is 4.79 Å². The van der Waals surface area contributed by atoms with Crippen molar-refractivity contribution in [1.29, 1.82) is 0 Å². The molecule has 1 amide bonds. The Labute approximate surface area is 144 Å². The van der Waals surface area contributed by atoms with E-state index in [1.165, 1.54) is 29.5 Å². The van der Waals surface area contributed by atoms with Crippen molar-refractivity contribution in [3.63, 3.8) is 0 Å². The van der Waals surface area contributed by atoms with E-state index in [0.29, 0.717) is 11.8 Å². The fourth-order valence-corrected chi connectivity index (χ4v) is 3.88. The van der Waals surface area contributed by atoms with Crippen molar-refractivity contribution in [3.05, 3.63) is 28.2 Å². The number of nitrogens with zero attached hydrogens (tertiary/aromatic N) is 3. The zero-order valence-corrected chi connectivity index (χ0v) is 15.1. The van der Waals surface area contributed by atoms with Gasteiger partial charge in [-0.05, 0) is 37.6 Å². The molecule has 1 saturated carbocycles.